The van der Waals surface area contributed by atoms with Gasteiger partial charge in [0.05, 0.1) is 6.54 Å². The van der Waals surface area contributed by atoms with Crippen molar-refractivity contribution in [3.8, 4) is 22.5 Å². The van der Waals surface area contributed by atoms with Gasteiger partial charge < -0.3 is 0 Å². The van der Waals surface area contributed by atoms with Crippen molar-refractivity contribution < 1.29 is 17.1 Å². The SMILES string of the molecule is [2H]C([2H])([2H])C([2H])([2H])C([2H])([2H])C([2H])([2H])C1=NC2(CCCC2)C(=O)N1Cc1ccc(-c2ccccc2-c2nn[nH]n2)cc1. The van der Waals surface area contributed by atoms with Crippen LogP contribution in [0.2, 0.25) is 0 Å². The molecule has 7 heteroatoms. The highest BCUT2D eigenvalue weighted by Gasteiger charge is 2.49. The molecule has 5 rings (SSSR count). The van der Waals surface area contributed by atoms with Crippen molar-refractivity contribution in [3.63, 3.8) is 0 Å². The minimum atomic E-state index is -3.57. The molecule has 1 N–H and O–H groups in total. The molecule has 1 aliphatic heterocycles. The fraction of sp³-hybridized carbons (Fsp3) is 0.400. The smallest absolute Gasteiger partial charge is 0.256 e. The highest BCUT2D eigenvalue weighted by Crippen LogP contribution is 2.40. The van der Waals surface area contributed by atoms with E-state index in [2.05, 4.69) is 25.6 Å². The van der Waals surface area contributed by atoms with E-state index in [1.165, 1.54) is 0 Å². The van der Waals surface area contributed by atoms with Gasteiger partial charge in [0.15, 0.2) is 0 Å². The summed E-state index contributed by atoms with van der Waals surface area (Å²) in [6.45, 7) is -3.62. The van der Waals surface area contributed by atoms with Crippen LogP contribution < -0.4 is 0 Å². The minimum absolute atomic E-state index is 0.154. The normalized spacial score (nSPS) is 23.2. The Kier molecular flexibility index (Phi) is 3.41. The first-order chi connectivity index (χ1) is 19.1. The summed E-state index contributed by atoms with van der Waals surface area (Å²) in [5.41, 5.74) is 1.73. The van der Waals surface area contributed by atoms with Crippen molar-refractivity contribution in [2.45, 2.75) is 63.7 Å². The number of amides is 1. The summed E-state index contributed by atoms with van der Waals surface area (Å²) in [5, 5.41) is 14.2. The molecule has 2 aromatic carbocycles. The molecule has 1 spiro atoms. The number of aromatic amines is 1. The van der Waals surface area contributed by atoms with Crippen molar-refractivity contribution in [2.24, 2.45) is 4.99 Å². The zero-order valence-corrected chi connectivity index (χ0v) is 17.3. The zero-order valence-electron chi connectivity index (χ0n) is 26.3. The van der Waals surface area contributed by atoms with Gasteiger partial charge in [0.2, 0.25) is 5.82 Å². The number of aliphatic imine (C=N–C) groups is 1. The van der Waals surface area contributed by atoms with E-state index in [0.717, 1.165) is 21.6 Å². The number of H-pyrrole nitrogens is 1. The molecule has 164 valence electrons. The predicted molar refractivity (Wildman–Crippen MR) is 124 cm³/mol. The van der Waals surface area contributed by atoms with E-state index in [1.54, 1.807) is 12.1 Å². The number of hydrogen-bond acceptors (Lipinski definition) is 5. The highest BCUT2D eigenvalue weighted by molar-refractivity contribution is 6.08. The number of amidine groups is 1. The van der Waals surface area contributed by atoms with Crippen LogP contribution >= 0.6 is 0 Å². The van der Waals surface area contributed by atoms with Crippen LogP contribution in [0.25, 0.3) is 22.5 Å². The maximum Gasteiger partial charge on any atom is 0.256 e. The molecule has 0 radical (unpaired) electrons. The van der Waals surface area contributed by atoms with Crippen LogP contribution in [0.5, 0.6) is 0 Å². The molecule has 7 nitrogen and oxygen atoms in total. The van der Waals surface area contributed by atoms with E-state index < -0.39 is 43.3 Å². The van der Waals surface area contributed by atoms with Crippen LogP contribution in [0.1, 0.15) is 69.6 Å². The Balaban J connectivity index is 1.49. The van der Waals surface area contributed by atoms with Crippen LogP contribution in [0.15, 0.2) is 53.5 Å². The monoisotopic (exact) mass is 437 g/mol. The second-order valence-electron chi connectivity index (χ2n) is 7.92. The van der Waals surface area contributed by atoms with Gasteiger partial charge in [0.25, 0.3) is 5.91 Å². The van der Waals surface area contributed by atoms with Gasteiger partial charge in [-0.15, -0.1) is 10.2 Å². The third kappa shape index (κ3) is 3.72. The molecule has 2 aliphatic rings. The van der Waals surface area contributed by atoms with Crippen molar-refractivity contribution >= 4 is 11.7 Å². The number of benzene rings is 2. The maximum atomic E-state index is 13.7. The largest absolute Gasteiger partial charge is 0.294 e. The van der Waals surface area contributed by atoms with E-state index in [-0.39, 0.29) is 6.54 Å². The van der Waals surface area contributed by atoms with Gasteiger partial charge >= 0.3 is 0 Å². The average Bonchev–Trinajstić information content (AvgIpc) is 3.68. The molecule has 0 atom stereocenters. The van der Waals surface area contributed by atoms with Crippen molar-refractivity contribution in [3.05, 3.63) is 54.1 Å². The first-order valence-electron chi connectivity index (χ1n) is 15.0. The van der Waals surface area contributed by atoms with E-state index in [9.17, 15) is 4.79 Å². The lowest BCUT2D eigenvalue weighted by Gasteiger charge is -2.23. The topological polar surface area (TPSA) is 87.1 Å². The number of carbonyl (C=O) groups excluding carboxylic acids is 1. The molecule has 2 heterocycles. The van der Waals surface area contributed by atoms with Gasteiger partial charge in [-0.3, -0.25) is 14.7 Å². The zero-order chi connectivity index (χ0) is 29.8. The van der Waals surface area contributed by atoms with E-state index >= 15 is 0 Å². The highest BCUT2D eigenvalue weighted by atomic mass is 16.2. The van der Waals surface area contributed by atoms with E-state index in [4.69, 9.17) is 12.3 Å². The van der Waals surface area contributed by atoms with Crippen LogP contribution in [0.3, 0.4) is 0 Å². The summed E-state index contributed by atoms with van der Waals surface area (Å²) >= 11 is 0. The van der Waals surface area contributed by atoms with Gasteiger partial charge in [0, 0.05) is 24.3 Å². The minimum Gasteiger partial charge on any atom is -0.294 e. The summed E-state index contributed by atoms with van der Waals surface area (Å²) in [5.74, 6) is -0.664. The fourth-order valence-electron chi connectivity index (χ4n) is 4.45. The van der Waals surface area contributed by atoms with Crippen LogP contribution in [-0.4, -0.2) is 42.8 Å². The van der Waals surface area contributed by atoms with Gasteiger partial charge in [-0.2, -0.15) is 5.21 Å². The molecular formula is C25H28N6O. The number of tetrazole rings is 1. The first kappa shape index (κ1) is 12.6. The molecule has 0 unspecified atom stereocenters. The lowest BCUT2D eigenvalue weighted by molar-refractivity contribution is -0.131. The second-order valence-corrected chi connectivity index (χ2v) is 7.92. The van der Waals surface area contributed by atoms with Crippen molar-refractivity contribution in [2.75, 3.05) is 0 Å². The van der Waals surface area contributed by atoms with Gasteiger partial charge in [-0.05, 0) is 41.1 Å². The third-order valence-corrected chi connectivity index (χ3v) is 6.01. The number of nitrogens with zero attached hydrogens (tertiary/aromatic N) is 5. The predicted octanol–water partition coefficient (Wildman–Crippen LogP) is 4.78. The third-order valence-electron chi connectivity index (χ3n) is 6.01. The Bertz CT molecular complexity index is 1460. The molecule has 1 saturated carbocycles. The molecule has 0 saturated heterocycles. The van der Waals surface area contributed by atoms with E-state index in [1.807, 2.05) is 36.4 Å². The summed E-state index contributed by atoms with van der Waals surface area (Å²) < 4.78 is 72.8. The molecule has 3 aromatic rings. The molecule has 32 heavy (non-hydrogen) atoms. The molecule has 0 bridgehead atoms. The Morgan fingerprint density at radius 2 is 1.91 bits per heavy atom. The molecular weight excluding hydrogens is 400 g/mol. The van der Waals surface area contributed by atoms with Crippen molar-refractivity contribution in [1.82, 2.24) is 25.5 Å². The standard InChI is InChI=1S/C25H28N6O/c1-2-3-10-22-26-25(15-6-7-16-25)24(32)31(22)17-18-11-13-19(14-12-18)20-8-4-5-9-21(20)23-27-29-30-28-23/h4-5,8-9,11-14H,2-3,6-7,10,15-17H2,1H3,(H,27,28,29,30)/i1D3,2D2,3D2,10D2. The van der Waals surface area contributed by atoms with Gasteiger partial charge in [0.1, 0.15) is 11.4 Å². The second kappa shape index (κ2) is 8.65. The Morgan fingerprint density at radius 3 is 2.62 bits per heavy atom. The lowest BCUT2D eigenvalue weighted by atomic mass is 9.97. The quantitative estimate of drug-likeness (QED) is 0.576. The first-order valence-corrected chi connectivity index (χ1v) is 10.5. The maximum absolute atomic E-state index is 13.7. The summed E-state index contributed by atoms with van der Waals surface area (Å²) in [6.07, 6.45) is -8.30. The molecule has 1 aromatic heterocycles. The Morgan fingerprint density at radius 1 is 1.12 bits per heavy atom. The summed E-state index contributed by atoms with van der Waals surface area (Å²) in [4.78, 5) is 19.2. The van der Waals surface area contributed by atoms with Gasteiger partial charge in [-0.1, -0.05) is 74.6 Å². The number of nitrogens with one attached hydrogen (secondary N) is 1. The number of rotatable bonds is 7. The van der Waals surface area contributed by atoms with Crippen LogP contribution in [0, 0.1) is 0 Å². The Labute approximate surface area is 200 Å². The molecule has 1 amide bonds. The summed E-state index contributed by atoms with van der Waals surface area (Å²) in [7, 11) is 0. The number of aromatic nitrogens is 4. The van der Waals surface area contributed by atoms with Gasteiger partial charge in [-0.25, -0.2) is 0 Å². The molecule has 1 fully saturated rings. The lowest BCUT2D eigenvalue weighted by Crippen LogP contribution is -2.40. The van der Waals surface area contributed by atoms with Crippen LogP contribution in [0.4, 0.5) is 0 Å². The Hall–Kier alpha value is -3.35. The van der Waals surface area contributed by atoms with Crippen LogP contribution in [-0.2, 0) is 11.3 Å². The fourth-order valence-corrected chi connectivity index (χ4v) is 4.45. The van der Waals surface area contributed by atoms with E-state index in [0.29, 0.717) is 37.1 Å². The number of carbonyl (C=O) groups is 1. The number of hydrogen-bond donors (Lipinski definition) is 1. The average molecular weight is 438 g/mol. The van der Waals surface area contributed by atoms with Crippen molar-refractivity contribution in [1.29, 1.82) is 0 Å². The molecule has 1 aliphatic carbocycles. The summed E-state index contributed by atoms with van der Waals surface area (Å²) in [6, 6.07) is 14.6.